The van der Waals surface area contributed by atoms with Crippen LogP contribution >= 0.6 is 0 Å². The summed E-state index contributed by atoms with van der Waals surface area (Å²) in [6, 6.07) is 7.08. The fourth-order valence-electron chi connectivity index (χ4n) is 2.56. The van der Waals surface area contributed by atoms with E-state index in [1.807, 2.05) is 19.1 Å². The summed E-state index contributed by atoms with van der Waals surface area (Å²) in [5, 5.41) is 12.1. The molecule has 0 radical (unpaired) electrons. The molecule has 0 spiro atoms. The molecule has 1 aliphatic rings. The van der Waals surface area contributed by atoms with E-state index < -0.39 is 0 Å². The normalized spacial score (nSPS) is 21.2. The van der Waals surface area contributed by atoms with E-state index in [4.69, 9.17) is 4.74 Å². The molecule has 1 saturated carbocycles. The quantitative estimate of drug-likeness (QED) is 0.803. The molecule has 4 heteroatoms. The van der Waals surface area contributed by atoms with Crippen LogP contribution in [-0.2, 0) is 16.0 Å². The molecule has 0 atom stereocenters. The second-order valence-electron chi connectivity index (χ2n) is 5.39. The van der Waals surface area contributed by atoms with Crippen LogP contribution in [0, 0.1) is 5.92 Å². The van der Waals surface area contributed by atoms with Gasteiger partial charge in [0, 0.05) is 19.6 Å². The zero-order valence-electron chi connectivity index (χ0n) is 12.0. The maximum Gasteiger partial charge on any atom is 0.220 e. The first-order valence-electron chi connectivity index (χ1n) is 7.33. The van der Waals surface area contributed by atoms with Crippen molar-refractivity contribution in [1.29, 1.82) is 0 Å². The van der Waals surface area contributed by atoms with Gasteiger partial charge < -0.3 is 15.2 Å². The maximum atomic E-state index is 11.8. The van der Waals surface area contributed by atoms with Crippen LogP contribution < -0.4 is 5.32 Å². The molecule has 0 aliphatic heterocycles. The number of nitrogens with one attached hydrogen (secondary N) is 1. The van der Waals surface area contributed by atoms with Crippen LogP contribution in [0.15, 0.2) is 24.3 Å². The Morgan fingerprint density at radius 3 is 2.70 bits per heavy atom. The number of carbonyl (C=O) groups excluding carboxylic acids is 1. The molecule has 2 N–H and O–H groups in total. The van der Waals surface area contributed by atoms with Gasteiger partial charge in [-0.2, -0.15) is 0 Å². The molecule has 20 heavy (non-hydrogen) atoms. The Hall–Kier alpha value is -1.55. The van der Waals surface area contributed by atoms with E-state index in [9.17, 15) is 9.90 Å². The first-order valence-corrected chi connectivity index (χ1v) is 7.33. The highest BCUT2D eigenvalue weighted by atomic mass is 16.5. The molecule has 0 aromatic heterocycles. The van der Waals surface area contributed by atoms with Gasteiger partial charge in [-0.05, 0) is 49.8 Å². The van der Waals surface area contributed by atoms with Crippen LogP contribution in [0.3, 0.4) is 0 Å². The number of rotatable bonds is 7. The van der Waals surface area contributed by atoms with Gasteiger partial charge in [-0.25, -0.2) is 0 Å². The molecule has 0 heterocycles. The van der Waals surface area contributed by atoms with Crippen molar-refractivity contribution in [2.24, 2.45) is 5.92 Å². The van der Waals surface area contributed by atoms with E-state index in [2.05, 4.69) is 5.32 Å². The van der Waals surface area contributed by atoms with E-state index in [0.29, 0.717) is 25.0 Å². The smallest absolute Gasteiger partial charge is 0.220 e. The molecule has 110 valence electrons. The first kappa shape index (κ1) is 14.9. The van der Waals surface area contributed by atoms with Crippen molar-refractivity contribution in [3.63, 3.8) is 0 Å². The molecular weight excluding hydrogens is 254 g/mol. The van der Waals surface area contributed by atoms with Crippen LogP contribution in [0.1, 0.15) is 31.7 Å². The van der Waals surface area contributed by atoms with Crippen LogP contribution in [0.4, 0.5) is 0 Å². The Labute approximate surface area is 120 Å². The Morgan fingerprint density at radius 1 is 1.35 bits per heavy atom. The number of carbonyl (C=O) groups is 1. The fraction of sp³-hybridized carbons (Fsp3) is 0.562. The number of phenols is 1. The molecule has 1 aromatic rings. The summed E-state index contributed by atoms with van der Waals surface area (Å²) in [6.45, 7) is 3.41. The zero-order valence-corrected chi connectivity index (χ0v) is 12.0. The first-order chi connectivity index (χ1) is 9.67. The second-order valence-corrected chi connectivity index (χ2v) is 5.39. The summed E-state index contributed by atoms with van der Waals surface area (Å²) in [5.74, 6) is 0.885. The van der Waals surface area contributed by atoms with Gasteiger partial charge in [0.1, 0.15) is 5.75 Å². The van der Waals surface area contributed by atoms with Crippen molar-refractivity contribution < 1.29 is 14.6 Å². The minimum absolute atomic E-state index is 0.128. The molecule has 1 fully saturated rings. The van der Waals surface area contributed by atoms with Gasteiger partial charge in [-0.1, -0.05) is 12.1 Å². The van der Waals surface area contributed by atoms with Crippen LogP contribution in [0.5, 0.6) is 5.75 Å². The SMILES string of the molecule is CCOC1CC(CC(=O)NCCc2ccc(O)cc2)C1. The summed E-state index contributed by atoms with van der Waals surface area (Å²) in [5.41, 5.74) is 1.11. The predicted molar refractivity (Wildman–Crippen MR) is 77.6 cm³/mol. The van der Waals surface area contributed by atoms with Gasteiger partial charge in [0.15, 0.2) is 0 Å². The van der Waals surface area contributed by atoms with Gasteiger partial charge in [-0.3, -0.25) is 4.79 Å². The van der Waals surface area contributed by atoms with Crippen LogP contribution in [0.2, 0.25) is 0 Å². The highest BCUT2D eigenvalue weighted by Crippen LogP contribution is 2.32. The highest BCUT2D eigenvalue weighted by Gasteiger charge is 2.30. The summed E-state index contributed by atoms with van der Waals surface area (Å²) < 4.78 is 5.49. The molecule has 0 bridgehead atoms. The van der Waals surface area contributed by atoms with Crippen LogP contribution in [0.25, 0.3) is 0 Å². The van der Waals surface area contributed by atoms with Gasteiger partial charge in [0.2, 0.25) is 5.91 Å². The maximum absolute atomic E-state index is 11.8. The zero-order chi connectivity index (χ0) is 14.4. The summed E-state index contributed by atoms with van der Waals surface area (Å²) in [4.78, 5) is 11.8. The third-order valence-electron chi connectivity index (χ3n) is 3.74. The van der Waals surface area contributed by atoms with E-state index in [0.717, 1.165) is 31.4 Å². The number of phenolic OH excluding ortho intramolecular Hbond substituents is 1. The summed E-state index contributed by atoms with van der Waals surface area (Å²) in [7, 11) is 0. The molecule has 1 amide bonds. The number of ether oxygens (including phenoxy) is 1. The van der Waals surface area contributed by atoms with E-state index in [-0.39, 0.29) is 11.7 Å². The standard InChI is InChI=1S/C16H23NO3/c1-2-20-15-9-13(10-15)11-16(19)17-8-7-12-3-5-14(18)6-4-12/h3-6,13,15,18H,2,7-11H2,1H3,(H,17,19). The molecule has 4 nitrogen and oxygen atoms in total. The lowest BCUT2D eigenvalue weighted by atomic mass is 9.80. The third-order valence-corrected chi connectivity index (χ3v) is 3.74. The van der Waals surface area contributed by atoms with Crippen molar-refractivity contribution in [2.75, 3.05) is 13.2 Å². The Morgan fingerprint density at radius 2 is 2.05 bits per heavy atom. The lowest BCUT2D eigenvalue weighted by molar-refractivity contribution is -0.124. The molecule has 0 saturated heterocycles. The number of aromatic hydroxyl groups is 1. The summed E-state index contributed by atoms with van der Waals surface area (Å²) >= 11 is 0. The van der Waals surface area contributed by atoms with Crippen molar-refractivity contribution >= 4 is 5.91 Å². The second kappa shape index (κ2) is 7.29. The van der Waals surface area contributed by atoms with Crippen molar-refractivity contribution in [3.8, 4) is 5.75 Å². The van der Waals surface area contributed by atoms with E-state index in [1.54, 1.807) is 12.1 Å². The Kier molecular flexibility index (Phi) is 5.41. The lowest BCUT2D eigenvalue weighted by Crippen LogP contribution is -2.36. The summed E-state index contributed by atoms with van der Waals surface area (Å²) in [6.07, 6.45) is 3.80. The largest absolute Gasteiger partial charge is 0.508 e. The molecule has 1 aliphatic carbocycles. The van der Waals surface area contributed by atoms with Gasteiger partial charge in [-0.15, -0.1) is 0 Å². The number of benzene rings is 1. The van der Waals surface area contributed by atoms with Crippen LogP contribution in [-0.4, -0.2) is 30.3 Å². The molecule has 1 aromatic carbocycles. The topological polar surface area (TPSA) is 58.6 Å². The van der Waals surface area contributed by atoms with Gasteiger partial charge in [0.25, 0.3) is 0 Å². The Balaban J connectivity index is 1.58. The van der Waals surface area contributed by atoms with Gasteiger partial charge >= 0.3 is 0 Å². The minimum atomic E-state index is 0.128. The van der Waals surface area contributed by atoms with Gasteiger partial charge in [0.05, 0.1) is 6.10 Å². The Bertz CT molecular complexity index is 424. The molecule has 2 rings (SSSR count). The molecular formula is C16H23NO3. The van der Waals surface area contributed by atoms with E-state index in [1.165, 1.54) is 0 Å². The fourth-order valence-corrected chi connectivity index (χ4v) is 2.56. The predicted octanol–water partition coefficient (Wildman–Crippen LogP) is 2.26. The molecule has 0 unspecified atom stereocenters. The monoisotopic (exact) mass is 277 g/mol. The van der Waals surface area contributed by atoms with Crippen molar-refractivity contribution in [1.82, 2.24) is 5.32 Å². The average molecular weight is 277 g/mol. The number of hydrogen-bond acceptors (Lipinski definition) is 3. The van der Waals surface area contributed by atoms with Crippen molar-refractivity contribution in [2.45, 2.75) is 38.7 Å². The van der Waals surface area contributed by atoms with E-state index >= 15 is 0 Å². The average Bonchev–Trinajstić information content (AvgIpc) is 2.39. The minimum Gasteiger partial charge on any atom is -0.508 e. The lowest BCUT2D eigenvalue weighted by Gasteiger charge is -2.34. The van der Waals surface area contributed by atoms with Crippen molar-refractivity contribution in [3.05, 3.63) is 29.8 Å². The third kappa shape index (κ3) is 4.53. The number of amides is 1. The highest BCUT2D eigenvalue weighted by molar-refractivity contribution is 5.76. The number of hydrogen-bond donors (Lipinski definition) is 2.